The van der Waals surface area contributed by atoms with Crippen LogP contribution in [0.2, 0.25) is 5.02 Å². The molecule has 1 fully saturated rings. The SMILES string of the molecule is N#CC1(C(=O)Nc2cccc(Cl)c2)COC1. The van der Waals surface area contributed by atoms with Crippen LogP contribution in [0.25, 0.3) is 0 Å². The van der Waals surface area contributed by atoms with E-state index in [0.717, 1.165) is 0 Å². The molecule has 16 heavy (non-hydrogen) atoms. The molecule has 1 amide bonds. The Hall–Kier alpha value is -1.57. The third kappa shape index (κ3) is 1.87. The Bertz CT molecular complexity index is 463. The highest BCUT2D eigenvalue weighted by atomic mass is 35.5. The molecule has 0 bridgehead atoms. The summed E-state index contributed by atoms with van der Waals surface area (Å²) < 4.78 is 4.90. The Morgan fingerprint density at radius 3 is 2.81 bits per heavy atom. The van der Waals surface area contributed by atoms with Gasteiger partial charge in [-0.25, -0.2) is 0 Å². The van der Waals surface area contributed by atoms with E-state index in [9.17, 15) is 4.79 Å². The fourth-order valence-electron chi connectivity index (χ4n) is 1.37. The second kappa shape index (κ2) is 4.12. The lowest BCUT2D eigenvalue weighted by Crippen LogP contribution is -2.50. The maximum atomic E-state index is 11.8. The van der Waals surface area contributed by atoms with Gasteiger partial charge in [0.1, 0.15) is 0 Å². The quantitative estimate of drug-likeness (QED) is 0.852. The zero-order valence-electron chi connectivity index (χ0n) is 8.37. The molecule has 1 saturated heterocycles. The molecule has 0 spiro atoms. The van der Waals surface area contributed by atoms with Crippen molar-refractivity contribution in [3.8, 4) is 6.07 Å². The van der Waals surface area contributed by atoms with E-state index < -0.39 is 5.41 Å². The van der Waals surface area contributed by atoms with E-state index in [1.54, 1.807) is 24.3 Å². The van der Waals surface area contributed by atoms with E-state index in [2.05, 4.69) is 5.32 Å². The molecule has 82 valence electrons. The van der Waals surface area contributed by atoms with Crippen molar-refractivity contribution >= 4 is 23.2 Å². The highest BCUT2D eigenvalue weighted by Crippen LogP contribution is 2.28. The lowest BCUT2D eigenvalue weighted by Gasteiger charge is -2.33. The monoisotopic (exact) mass is 236 g/mol. The van der Waals surface area contributed by atoms with Crippen molar-refractivity contribution in [1.82, 2.24) is 0 Å². The molecule has 0 radical (unpaired) electrons. The van der Waals surface area contributed by atoms with Gasteiger partial charge in [-0.2, -0.15) is 5.26 Å². The molecule has 1 aliphatic heterocycles. The number of halogens is 1. The van der Waals surface area contributed by atoms with Crippen molar-refractivity contribution in [2.24, 2.45) is 5.41 Å². The summed E-state index contributed by atoms with van der Waals surface area (Å²) in [6.45, 7) is 0.297. The molecule has 1 aliphatic rings. The van der Waals surface area contributed by atoms with Crippen molar-refractivity contribution in [2.45, 2.75) is 0 Å². The minimum Gasteiger partial charge on any atom is -0.377 e. The first-order valence-corrected chi connectivity index (χ1v) is 5.10. The lowest BCUT2D eigenvalue weighted by atomic mass is 9.87. The second-order valence-electron chi connectivity index (χ2n) is 3.65. The van der Waals surface area contributed by atoms with Gasteiger partial charge in [0.25, 0.3) is 0 Å². The zero-order valence-corrected chi connectivity index (χ0v) is 9.12. The number of nitrogens with zero attached hydrogens (tertiary/aromatic N) is 1. The molecule has 5 heteroatoms. The van der Waals surface area contributed by atoms with Gasteiger partial charge in [-0.1, -0.05) is 17.7 Å². The van der Waals surface area contributed by atoms with Crippen LogP contribution in [0.3, 0.4) is 0 Å². The number of benzene rings is 1. The summed E-state index contributed by atoms with van der Waals surface area (Å²) >= 11 is 5.78. The standard InChI is InChI=1S/C11H9ClN2O2/c12-8-2-1-3-9(4-8)14-10(15)11(5-13)6-16-7-11/h1-4H,6-7H2,(H,14,15). The van der Waals surface area contributed by atoms with Crippen molar-refractivity contribution in [1.29, 1.82) is 5.26 Å². The summed E-state index contributed by atoms with van der Waals surface area (Å²) in [5.74, 6) is -0.344. The third-order valence-corrected chi connectivity index (χ3v) is 2.66. The van der Waals surface area contributed by atoms with Gasteiger partial charge in [-0.3, -0.25) is 4.79 Å². The van der Waals surface area contributed by atoms with E-state index in [4.69, 9.17) is 21.6 Å². The van der Waals surface area contributed by atoms with Crippen LogP contribution in [0.15, 0.2) is 24.3 Å². The molecule has 0 unspecified atom stereocenters. The molecule has 4 nitrogen and oxygen atoms in total. The van der Waals surface area contributed by atoms with Crippen LogP contribution in [0, 0.1) is 16.7 Å². The molecule has 0 saturated carbocycles. The van der Waals surface area contributed by atoms with Crippen molar-refractivity contribution in [3.05, 3.63) is 29.3 Å². The fraction of sp³-hybridized carbons (Fsp3) is 0.273. The highest BCUT2D eigenvalue weighted by Gasteiger charge is 2.46. The molecule has 1 heterocycles. The molecule has 0 aliphatic carbocycles. The number of carbonyl (C=O) groups excluding carboxylic acids is 1. The molecule has 1 N–H and O–H groups in total. The Morgan fingerprint density at radius 1 is 1.56 bits per heavy atom. The maximum Gasteiger partial charge on any atom is 0.249 e. The molecule has 0 atom stereocenters. The van der Waals surface area contributed by atoms with Crippen LogP contribution < -0.4 is 5.32 Å². The molecule has 0 aromatic heterocycles. The fourth-order valence-corrected chi connectivity index (χ4v) is 1.56. The lowest BCUT2D eigenvalue weighted by molar-refractivity contribution is -0.144. The topological polar surface area (TPSA) is 62.1 Å². The molecular weight excluding hydrogens is 228 g/mol. The van der Waals surface area contributed by atoms with Crippen molar-refractivity contribution < 1.29 is 9.53 Å². The van der Waals surface area contributed by atoms with E-state index in [0.29, 0.717) is 10.7 Å². The van der Waals surface area contributed by atoms with Gasteiger partial charge < -0.3 is 10.1 Å². The smallest absolute Gasteiger partial charge is 0.249 e. The van der Waals surface area contributed by atoms with E-state index in [-0.39, 0.29) is 19.1 Å². The maximum absolute atomic E-state index is 11.8. The van der Waals surface area contributed by atoms with Crippen molar-refractivity contribution in [2.75, 3.05) is 18.5 Å². The van der Waals surface area contributed by atoms with E-state index in [1.165, 1.54) is 0 Å². The summed E-state index contributed by atoms with van der Waals surface area (Å²) in [5, 5.41) is 12.1. The Kier molecular flexibility index (Phi) is 2.82. The van der Waals surface area contributed by atoms with Gasteiger partial charge in [0.15, 0.2) is 5.41 Å². The number of rotatable bonds is 2. The summed E-state index contributed by atoms with van der Waals surface area (Å²) in [6, 6.07) is 8.77. The van der Waals surface area contributed by atoms with Gasteiger partial charge in [0.2, 0.25) is 5.91 Å². The van der Waals surface area contributed by atoms with Gasteiger partial charge in [0.05, 0.1) is 19.3 Å². The van der Waals surface area contributed by atoms with E-state index in [1.807, 2.05) is 6.07 Å². The Morgan fingerprint density at radius 2 is 2.31 bits per heavy atom. The first-order valence-electron chi connectivity index (χ1n) is 4.72. The number of carbonyl (C=O) groups is 1. The molecular formula is C11H9ClN2O2. The molecule has 1 aromatic rings. The number of anilines is 1. The van der Waals surface area contributed by atoms with Gasteiger partial charge in [0, 0.05) is 10.7 Å². The van der Waals surface area contributed by atoms with Gasteiger partial charge >= 0.3 is 0 Å². The van der Waals surface area contributed by atoms with E-state index >= 15 is 0 Å². The minimum absolute atomic E-state index is 0.149. The minimum atomic E-state index is -1.04. The summed E-state index contributed by atoms with van der Waals surface area (Å²) in [5.41, 5.74) is -0.457. The zero-order chi connectivity index (χ0) is 11.6. The van der Waals surface area contributed by atoms with Crippen LogP contribution in [0.4, 0.5) is 5.69 Å². The van der Waals surface area contributed by atoms with Gasteiger partial charge in [-0.05, 0) is 18.2 Å². The largest absolute Gasteiger partial charge is 0.377 e. The Labute approximate surface area is 97.8 Å². The second-order valence-corrected chi connectivity index (χ2v) is 4.09. The van der Waals surface area contributed by atoms with Crippen LogP contribution in [0.1, 0.15) is 0 Å². The third-order valence-electron chi connectivity index (χ3n) is 2.43. The number of hydrogen-bond acceptors (Lipinski definition) is 3. The average Bonchev–Trinajstić information content (AvgIpc) is 2.16. The first kappa shape index (κ1) is 10.9. The van der Waals surface area contributed by atoms with Gasteiger partial charge in [-0.15, -0.1) is 0 Å². The highest BCUT2D eigenvalue weighted by molar-refractivity contribution is 6.30. The number of nitriles is 1. The predicted octanol–water partition coefficient (Wildman–Crippen LogP) is 1.82. The summed E-state index contributed by atoms with van der Waals surface area (Å²) in [6.07, 6.45) is 0. The summed E-state index contributed by atoms with van der Waals surface area (Å²) in [4.78, 5) is 11.8. The van der Waals surface area contributed by atoms with Crippen LogP contribution >= 0.6 is 11.6 Å². The normalized spacial score (nSPS) is 17.0. The van der Waals surface area contributed by atoms with Crippen LogP contribution in [-0.4, -0.2) is 19.1 Å². The predicted molar refractivity (Wildman–Crippen MR) is 58.9 cm³/mol. The van der Waals surface area contributed by atoms with Crippen molar-refractivity contribution in [3.63, 3.8) is 0 Å². The first-order chi connectivity index (χ1) is 7.66. The number of hydrogen-bond donors (Lipinski definition) is 1. The number of amides is 1. The number of nitrogens with one attached hydrogen (secondary N) is 1. The average molecular weight is 237 g/mol. The molecule has 1 aromatic carbocycles. The Balaban J connectivity index is 2.11. The van der Waals surface area contributed by atoms with Crippen LogP contribution in [-0.2, 0) is 9.53 Å². The summed E-state index contributed by atoms with van der Waals surface area (Å²) in [7, 11) is 0. The number of ether oxygens (including phenoxy) is 1. The molecule has 2 rings (SSSR count). The van der Waals surface area contributed by atoms with Crippen LogP contribution in [0.5, 0.6) is 0 Å².